The van der Waals surface area contributed by atoms with Crippen molar-refractivity contribution in [3.8, 4) is 0 Å². The molecule has 3 heteroatoms. The highest BCUT2D eigenvalue weighted by Crippen LogP contribution is 2.19. The summed E-state index contributed by atoms with van der Waals surface area (Å²) in [5.74, 6) is 0. The van der Waals surface area contributed by atoms with E-state index < -0.39 is 0 Å². The Balaban J connectivity index is 2.14. The molecule has 0 aliphatic carbocycles. The summed E-state index contributed by atoms with van der Waals surface area (Å²) in [6.07, 6.45) is 5.45. The van der Waals surface area contributed by atoms with E-state index in [2.05, 4.69) is 29.1 Å². The molecule has 0 radical (unpaired) electrons. The van der Waals surface area contributed by atoms with Crippen molar-refractivity contribution in [1.29, 1.82) is 0 Å². The predicted molar refractivity (Wildman–Crippen MR) is 65.2 cm³/mol. The second-order valence-electron chi connectivity index (χ2n) is 3.81. The SMILES string of the molecule is Cc1ccncc1NC(C)c1ccccn1. The van der Waals surface area contributed by atoms with E-state index >= 15 is 0 Å². The van der Waals surface area contributed by atoms with Gasteiger partial charge in [-0.1, -0.05) is 6.07 Å². The van der Waals surface area contributed by atoms with Crippen LogP contribution in [0.25, 0.3) is 0 Å². The number of aryl methyl sites for hydroxylation is 1. The molecule has 82 valence electrons. The number of nitrogens with zero attached hydrogens (tertiary/aromatic N) is 2. The standard InChI is InChI=1S/C13H15N3/c1-10-6-8-14-9-13(10)16-11(2)12-5-3-4-7-15-12/h3-9,11,16H,1-2H3. The normalized spacial score (nSPS) is 12.1. The minimum absolute atomic E-state index is 0.184. The van der Waals surface area contributed by atoms with Gasteiger partial charge in [-0.15, -0.1) is 0 Å². The second kappa shape index (κ2) is 4.75. The van der Waals surface area contributed by atoms with E-state index in [4.69, 9.17) is 0 Å². The highest BCUT2D eigenvalue weighted by molar-refractivity contribution is 5.49. The molecule has 2 rings (SSSR count). The Kier molecular flexibility index (Phi) is 3.15. The molecule has 0 aliphatic heterocycles. The van der Waals surface area contributed by atoms with Crippen LogP contribution in [-0.2, 0) is 0 Å². The monoisotopic (exact) mass is 213 g/mol. The van der Waals surface area contributed by atoms with Crippen molar-refractivity contribution in [2.75, 3.05) is 5.32 Å². The molecule has 0 fully saturated rings. The van der Waals surface area contributed by atoms with Gasteiger partial charge in [-0.25, -0.2) is 0 Å². The Hall–Kier alpha value is -1.90. The molecular formula is C13H15N3. The van der Waals surface area contributed by atoms with Crippen molar-refractivity contribution in [1.82, 2.24) is 9.97 Å². The summed E-state index contributed by atoms with van der Waals surface area (Å²) in [6.45, 7) is 4.16. The van der Waals surface area contributed by atoms with Crippen LogP contribution in [-0.4, -0.2) is 9.97 Å². The number of pyridine rings is 2. The van der Waals surface area contributed by atoms with Crippen LogP contribution in [0.4, 0.5) is 5.69 Å². The molecule has 1 N–H and O–H groups in total. The Morgan fingerprint density at radius 1 is 1.19 bits per heavy atom. The fraction of sp³-hybridized carbons (Fsp3) is 0.231. The lowest BCUT2D eigenvalue weighted by Gasteiger charge is -2.15. The average molecular weight is 213 g/mol. The van der Waals surface area contributed by atoms with Gasteiger partial charge >= 0.3 is 0 Å². The average Bonchev–Trinajstić information content (AvgIpc) is 2.33. The highest BCUT2D eigenvalue weighted by atomic mass is 14.9. The second-order valence-corrected chi connectivity index (χ2v) is 3.81. The van der Waals surface area contributed by atoms with Gasteiger partial charge in [-0.05, 0) is 37.6 Å². The maximum Gasteiger partial charge on any atom is 0.0657 e. The van der Waals surface area contributed by atoms with Crippen LogP contribution < -0.4 is 5.32 Å². The Morgan fingerprint density at radius 2 is 2.06 bits per heavy atom. The third-order valence-electron chi connectivity index (χ3n) is 2.54. The van der Waals surface area contributed by atoms with Gasteiger partial charge in [0.2, 0.25) is 0 Å². The molecule has 2 heterocycles. The lowest BCUT2D eigenvalue weighted by Crippen LogP contribution is -2.09. The number of hydrogen-bond donors (Lipinski definition) is 1. The van der Waals surface area contributed by atoms with Crippen LogP contribution in [0.2, 0.25) is 0 Å². The van der Waals surface area contributed by atoms with Crippen molar-refractivity contribution >= 4 is 5.69 Å². The molecule has 3 nitrogen and oxygen atoms in total. The molecule has 0 spiro atoms. The molecule has 0 aliphatic rings. The minimum atomic E-state index is 0.184. The van der Waals surface area contributed by atoms with Crippen molar-refractivity contribution < 1.29 is 0 Å². The predicted octanol–water partition coefficient (Wildman–Crippen LogP) is 2.96. The van der Waals surface area contributed by atoms with E-state index in [9.17, 15) is 0 Å². The van der Waals surface area contributed by atoms with Crippen molar-refractivity contribution in [2.45, 2.75) is 19.9 Å². The number of rotatable bonds is 3. The molecule has 0 saturated carbocycles. The van der Waals surface area contributed by atoms with Gasteiger partial charge in [0.1, 0.15) is 0 Å². The summed E-state index contributed by atoms with van der Waals surface area (Å²) in [7, 11) is 0. The first-order valence-corrected chi connectivity index (χ1v) is 5.35. The first-order valence-electron chi connectivity index (χ1n) is 5.35. The molecule has 1 unspecified atom stereocenters. The van der Waals surface area contributed by atoms with Gasteiger partial charge in [-0.2, -0.15) is 0 Å². The van der Waals surface area contributed by atoms with Crippen LogP contribution in [0.1, 0.15) is 24.2 Å². The fourth-order valence-electron chi connectivity index (χ4n) is 1.55. The Morgan fingerprint density at radius 3 is 2.75 bits per heavy atom. The van der Waals surface area contributed by atoms with E-state index in [0.29, 0.717) is 0 Å². The summed E-state index contributed by atoms with van der Waals surface area (Å²) in [6, 6.07) is 8.11. The topological polar surface area (TPSA) is 37.8 Å². The van der Waals surface area contributed by atoms with Crippen molar-refractivity contribution in [2.24, 2.45) is 0 Å². The van der Waals surface area contributed by atoms with E-state index in [1.807, 2.05) is 36.7 Å². The van der Waals surface area contributed by atoms with E-state index in [0.717, 1.165) is 11.4 Å². The zero-order valence-corrected chi connectivity index (χ0v) is 9.51. The van der Waals surface area contributed by atoms with Crippen molar-refractivity contribution in [3.05, 3.63) is 54.1 Å². The molecule has 2 aromatic heterocycles. The van der Waals surface area contributed by atoms with Crippen LogP contribution in [0.5, 0.6) is 0 Å². The van der Waals surface area contributed by atoms with Gasteiger partial charge in [0.25, 0.3) is 0 Å². The lowest BCUT2D eigenvalue weighted by molar-refractivity contribution is 0.836. The van der Waals surface area contributed by atoms with E-state index in [1.165, 1.54) is 5.56 Å². The van der Waals surface area contributed by atoms with Gasteiger partial charge in [0.15, 0.2) is 0 Å². The van der Waals surface area contributed by atoms with Crippen LogP contribution in [0.15, 0.2) is 42.9 Å². The fourth-order valence-corrected chi connectivity index (χ4v) is 1.55. The molecule has 0 saturated heterocycles. The first-order chi connectivity index (χ1) is 7.77. The number of nitrogens with one attached hydrogen (secondary N) is 1. The molecule has 16 heavy (non-hydrogen) atoms. The molecule has 0 aromatic carbocycles. The van der Waals surface area contributed by atoms with Crippen LogP contribution >= 0.6 is 0 Å². The Bertz CT molecular complexity index is 454. The largest absolute Gasteiger partial charge is 0.375 e. The smallest absolute Gasteiger partial charge is 0.0657 e. The highest BCUT2D eigenvalue weighted by Gasteiger charge is 2.06. The van der Waals surface area contributed by atoms with Gasteiger partial charge in [0, 0.05) is 12.4 Å². The third kappa shape index (κ3) is 2.37. The quantitative estimate of drug-likeness (QED) is 0.851. The van der Waals surface area contributed by atoms with E-state index in [-0.39, 0.29) is 6.04 Å². The maximum atomic E-state index is 4.32. The lowest BCUT2D eigenvalue weighted by atomic mass is 10.2. The van der Waals surface area contributed by atoms with Crippen LogP contribution in [0, 0.1) is 6.92 Å². The molecular weight excluding hydrogens is 198 g/mol. The summed E-state index contributed by atoms with van der Waals surface area (Å²) in [5.41, 5.74) is 3.28. The van der Waals surface area contributed by atoms with Gasteiger partial charge in [-0.3, -0.25) is 9.97 Å². The number of hydrogen-bond acceptors (Lipinski definition) is 3. The van der Waals surface area contributed by atoms with Crippen LogP contribution in [0.3, 0.4) is 0 Å². The molecule has 1 atom stereocenters. The zero-order valence-electron chi connectivity index (χ0n) is 9.51. The summed E-state index contributed by atoms with van der Waals surface area (Å²) in [4.78, 5) is 8.43. The maximum absolute atomic E-state index is 4.32. The van der Waals surface area contributed by atoms with Crippen molar-refractivity contribution in [3.63, 3.8) is 0 Å². The summed E-state index contributed by atoms with van der Waals surface area (Å²) >= 11 is 0. The Labute approximate surface area is 95.6 Å². The zero-order chi connectivity index (χ0) is 11.4. The van der Waals surface area contributed by atoms with Gasteiger partial charge in [0.05, 0.1) is 23.6 Å². The first kappa shape index (κ1) is 10.6. The summed E-state index contributed by atoms with van der Waals surface area (Å²) < 4.78 is 0. The minimum Gasteiger partial charge on any atom is -0.375 e. The summed E-state index contributed by atoms with van der Waals surface area (Å²) in [5, 5.41) is 3.40. The van der Waals surface area contributed by atoms with Gasteiger partial charge < -0.3 is 5.32 Å². The molecule has 0 amide bonds. The molecule has 2 aromatic rings. The van der Waals surface area contributed by atoms with E-state index in [1.54, 1.807) is 6.20 Å². The number of anilines is 1. The number of aromatic nitrogens is 2. The third-order valence-corrected chi connectivity index (χ3v) is 2.54. The molecule has 0 bridgehead atoms.